The molecule has 0 spiro atoms. The molecule has 5 nitrogen and oxygen atoms in total. The van der Waals surface area contributed by atoms with Gasteiger partial charge in [0.2, 0.25) is 11.8 Å². The molecule has 1 heterocycles. The van der Waals surface area contributed by atoms with Crippen LogP contribution >= 0.6 is 0 Å². The second-order valence-corrected chi connectivity index (χ2v) is 2.65. The molecule has 0 aliphatic heterocycles. The monoisotopic (exact) mass is 183 g/mol. The first-order valence-corrected chi connectivity index (χ1v) is 4.01. The molecular weight excluding hydrogens is 170 g/mol. The van der Waals surface area contributed by atoms with Gasteiger partial charge in [0.1, 0.15) is 0 Å². The van der Waals surface area contributed by atoms with Crippen LogP contribution in [0.3, 0.4) is 0 Å². The Labute approximate surface area is 76.8 Å². The molecule has 0 saturated heterocycles. The van der Waals surface area contributed by atoms with Crippen LogP contribution in [0.5, 0.6) is 5.88 Å². The minimum atomic E-state index is -0.421. The number of aliphatic hydroxyl groups excluding tert-OH is 1. The highest BCUT2D eigenvalue weighted by atomic mass is 16.5. The topological polar surface area (TPSA) is 67.3 Å². The van der Waals surface area contributed by atoms with Crippen molar-refractivity contribution in [2.24, 2.45) is 0 Å². The molecule has 1 aromatic heterocycles. The molecule has 5 heteroatoms. The Morgan fingerprint density at radius 3 is 3.08 bits per heavy atom. The summed E-state index contributed by atoms with van der Waals surface area (Å²) in [6.07, 6.45) is 1.17. The van der Waals surface area contributed by atoms with Crippen LogP contribution in [0.15, 0.2) is 12.3 Å². The number of nitrogens with zero attached hydrogens (tertiary/aromatic N) is 2. The van der Waals surface area contributed by atoms with Gasteiger partial charge in [-0.25, -0.2) is 4.98 Å². The lowest BCUT2D eigenvalue weighted by molar-refractivity contribution is 0.208. The average molecular weight is 183 g/mol. The van der Waals surface area contributed by atoms with Crippen LogP contribution in [0.25, 0.3) is 0 Å². The van der Waals surface area contributed by atoms with E-state index in [-0.39, 0.29) is 0 Å². The third kappa shape index (κ3) is 3.25. The van der Waals surface area contributed by atoms with E-state index in [0.717, 1.165) is 0 Å². The predicted octanol–water partition coefficient (Wildman–Crippen LogP) is 0.278. The molecule has 0 aromatic carbocycles. The standard InChI is InChI=1S/C8H13N3O2/c1-6(12)5-10-8-9-4-3-7(11-8)13-2/h3-4,6,12H,5H2,1-2H3,(H,9,10,11)/t6-/m1/s1. The molecule has 13 heavy (non-hydrogen) atoms. The van der Waals surface area contributed by atoms with Gasteiger partial charge in [-0.05, 0) is 6.92 Å². The maximum Gasteiger partial charge on any atom is 0.226 e. The van der Waals surface area contributed by atoms with Crippen LogP contribution in [0.4, 0.5) is 5.95 Å². The van der Waals surface area contributed by atoms with Crippen molar-refractivity contribution in [3.63, 3.8) is 0 Å². The molecule has 0 unspecified atom stereocenters. The molecule has 72 valence electrons. The van der Waals surface area contributed by atoms with Crippen molar-refractivity contribution in [3.05, 3.63) is 12.3 Å². The smallest absolute Gasteiger partial charge is 0.226 e. The number of rotatable bonds is 4. The number of anilines is 1. The van der Waals surface area contributed by atoms with Gasteiger partial charge in [0, 0.05) is 18.8 Å². The van der Waals surface area contributed by atoms with Gasteiger partial charge in [-0.1, -0.05) is 0 Å². The zero-order valence-electron chi connectivity index (χ0n) is 7.69. The molecule has 0 bridgehead atoms. The van der Waals surface area contributed by atoms with Crippen LogP contribution in [0, 0.1) is 0 Å². The third-order valence-corrected chi connectivity index (χ3v) is 1.39. The van der Waals surface area contributed by atoms with Crippen LogP contribution in [-0.4, -0.2) is 34.8 Å². The Bertz CT molecular complexity index is 265. The fraction of sp³-hybridized carbons (Fsp3) is 0.500. The fourth-order valence-electron chi connectivity index (χ4n) is 0.780. The number of hydrogen-bond donors (Lipinski definition) is 2. The highest BCUT2D eigenvalue weighted by molar-refractivity contribution is 5.27. The second-order valence-electron chi connectivity index (χ2n) is 2.65. The number of ether oxygens (including phenoxy) is 1. The van der Waals surface area contributed by atoms with E-state index in [1.165, 1.54) is 0 Å². The molecule has 1 atom stereocenters. The summed E-state index contributed by atoms with van der Waals surface area (Å²) < 4.78 is 4.91. The van der Waals surface area contributed by atoms with E-state index in [1.807, 2.05) is 0 Å². The first-order chi connectivity index (χ1) is 6.22. The fourth-order valence-corrected chi connectivity index (χ4v) is 0.780. The molecule has 0 aliphatic carbocycles. The second kappa shape index (κ2) is 4.61. The Hall–Kier alpha value is -1.36. The molecule has 2 N–H and O–H groups in total. The Morgan fingerprint density at radius 2 is 2.46 bits per heavy atom. The van der Waals surface area contributed by atoms with Crippen molar-refractivity contribution in [1.29, 1.82) is 0 Å². The Balaban J connectivity index is 2.56. The predicted molar refractivity (Wildman–Crippen MR) is 48.8 cm³/mol. The van der Waals surface area contributed by atoms with Crippen molar-refractivity contribution in [1.82, 2.24) is 9.97 Å². The van der Waals surface area contributed by atoms with Gasteiger partial charge in [0.25, 0.3) is 0 Å². The molecule has 0 radical (unpaired) electrons. The van der Waals surface area contributed by atoms with Crippen LogP contribution in [0.1, 0.15) is 6.92 Å². The van der Waals surface area contributed by atoms with Gasteiger partial charge in [0.15, 0.2) is 0 Å². The Morgan fingerprint density at radius 1 is 1.69 bits per heavy atom. The highest BCUT2D eigenvalue weighted by Crippen LogP contribution is 2.06. The lowest BCUT2D eigenvalue weighted by atomic mass is 10.4. The van der Waals surface area contributed by atoms with E-state index in [0.29, 0.717) is 18.4 Å². The van der Waals surface area contributed by atoms with Crippen LogP contribution in [0.2, 0.25) is 0 Å². The van der Waals surface area contributed by atoms with Gasteiger partial charge < -0.3 is 15.2 Å². The number of methoxy groups -OCH3 is 1. The Kier molecular flexibility index (Phi) is 3.45. The lowest BCUT2D eigenvalue weighted by Crippen LogP contribution is -2.16. The van der Waals surface area contributed by atoms with E-state index in [4.69, 9.17) is 9.84 Å². The molecule has 0 aliphatic rings. The van der Waals surface area contributed by atoms with Gasteiger partial charge in [0.05, 0.1) is 13.2 Å². The number of hydrogen-bond acceptors (Lipinski definition) is 5. The van der Waals surface area contributed by atoms with Crippen LogP contribution < -0.4 is 10.1 Å². The summed E-state index contributed by atoms with van der Waals surface area (Å²) in [7, 11) is 1.54. The van der Waals surface area contributed by atoms with Crippen molar-refractivity contribution < 1.29 is 9.84 Å². The summed E-state index contributed by atoms with van der Waals surface area (Å²) in [5.41, 5.74) is 0. The summed E-state index contributed by atoms with van der Waals surface area (Å²) >= 11 is 0. The molecule has 0 amide bonds. The molecule has 1 aromatic rings. The van der Waals surface area contributed by atoms with Crippen molar-refractivity contribution in [2.45, 2.75) is 13.0 Å². The third-order valence-electron chi connectivity index (χ3n) is 1.39. The minimum Gasteiger partial charge on any atom is -0.481 e. The van der Waals surface area contributed by atoms with E-state index in [9.17, 15) is 0 Å². The summed E-state index contributed by atoms with van der Waals surface area (Å²) in [6.45, 7) is 2.11. The first kappa shape index (κ1) is 9.73. The van der Waals surface area contributed by atoms with E-state index < -0.39 is 6.10 Å². The SMILES string of the molecule is COc1ccnc(NC[C@@H](C)O)n1. The zero-order valence-corrected chi connectivity index (χ0v) is 7.69. The highest BCUT2D eigenvalue weighted by Gasteiger charge is 1.99. The van der Waals surface area contributed by atoms with E-state index in [2.05, 4.69) is 15.3 Å². The van der Waals surface area contributed by atoms with Gasteiger partial charge in [-0.2, -0.15) is 4.98 Å². The van der Waals surface area contributed by atoms with Gasteiger partial charge in [-0.3, -0.25) is 0 Å². The molecule has 1 rings (SSSR count). The van der Waals surface area contributed by atoms with Gasteiger partial charge in [-0.15, -0.1) is 0 Å². The average Bonchev–Trinajstić information content (AvgIpc) is 2.15. The zero-order chi connectivity index (χ0) is 9.68. The van der Waals surface area contributed by atoms with Crippen molar-refractivity contribution >= 4 is 5.95 Å². The number of nitrogens with one attached hydrogen (secondary N) is 1. The van der Waals surface area contributed by atoms with Crippen molar-refractivity contribution in [3.8, 4) is 5.88 Å². The normalized spacial score (nSPS) is 12.2. The summed E-state index contributed by atoms with van der Waals surface area (Å²) in [4.78, 5) is 7.95. The van der Waals surface area contributed by atoms with Crippen LogP contribution in [-0.2, 0) is 0 Å². The van der Waals surface area contributed by atoms with Gasteiger partial charge >= 0.3 is 0 Å². The summed E-state index contributed by atoms with van der Waals surface area (Å²) in [6, 6.07) is 1.66. The van der Waals surface area contributed by atoms with E-state index in [1.54, 1.807) is 26.3 Å². The molecule has 0 fully saturated rings. The minimum absolute atomic E-state index is 0.421. The first-order valence-electron chi connectivity index (χ1n) is 4.01. The quantitative estimate of drug-likeness (QED) is 0.701. The lowest BCUT2D eigenvalue weighted by Gasteiger charge is -2.06. The summed E-state index contributed by atoms with van der Waals surface area (Å²) in [5, 5.41) is 11.9. The van der Waals surface area contributed by atoms with Crippen molar-refractivity contribution in [2.75, 3.05) is 19.0 Å². The maximum atomic E-state index is 8.99. The molecule has 0 saturated carbocycles. The summed E-state index contributed by atoms with van der Waals surface area (Å²) in [5.74, 6) is 0.961. The maximum absolute atomic E-state index is 8.99. The number of aromatic nitrogens is 2. The number of aliphatic hydroxyl groups is 1. The molecular formula is C8H13N3O2. The largest absolute Gasteiger partial charge is 0.481 e. The van der Waals surface area contributed by atoms with E-state index >= 15 is 0 Å².